The molecular formula is C23H19N5O2. The van der Waals surface area contributed by atoms with Gasteiger partial charge in [0.2, 0.25) is 0 Å². The topological polar surface area (TPSA) is 80.1 Å². The molecular weight excluding hydrogens is 378 g/mol. The number of anilines is 1. The minimum atomic E-state index is 0.663. The molecule has 0 bridgehead atoms. The van der Waals surface area contributed by atoms with Gasteiger partial charge in [-0.3, -0.25) is 5.10 Å². The lowest BCUT2D eigenvalue weighted by atomic mass is 10.1. The van der Waals surface area contributed by atoms with Gasteiger partial charge in [0, 0.05) is 35.7 Å². The molecule has 1 saturated heterocycles. The standard InChI is InChI=1S/C23H19N5O2/c1-2-5-15(6-3-1)20-13-19-21(30-20)23(28-9-11-29-12-10-28)26-22(25-19)16-7-4-8-18-17(16)14-24-27-18/h1-8,13-14H,9-12H2,(H,24,27). The third-order valence-electron chi connectivity index (χ3n) is 5.45. The molecule has 7 heteroatoms. The first-order valence-corrected chi connectivity index (χ1v) is 9.99. The van der Waals surface area contributed by atoms with Crippen molar-refractivity contribution in [1.29, 1.82) is 0 Å². The summed E-state index contributed by atoms with van der Waals surface area (Å²) in [6.07, 6.45) is 1.82. The maximum Gasteiger partial charge on any atom is 0.195 e. The zero-order valence-corrected chi connectivity index (χ0v) is 16.2. The molecule has 7 nitrogen and oxygen atoms in total. The first-order valence-electron chi connectivity index (χ1n) is 9.99. The van der Waals surface area contributed by atoms with Crippen molar-refractivity contribution in [3.63, 3.8) is 0 Å². The molecule has 30 heavy (non-hydrogen) atoms. The minimum absolute atomic E-state index is 0.663. The molecule has 5 aromatic rings. The Kier molecular flexibility index (Phi) is 3.99. The van der Waals surface area contributed by atoms with Crippen molar-refractivity contribution in [2.75, 3.05) is 31.2 Å². The number of aromatic amines is 1. The number of ether oxygens (including phenoxy) is 1. The maximum absolute atomic E-state index is 6.28. The van der Waals surface area contributed by atoms with Crippen LogP contribution < -0.4 is 4.90 Å². The number of aromatic nitrogens is 4. The fourth-order valence-electron chi connectivity index (χ4n) is 3.93. The Bertz CT molecular complexity index is 1340. The van der Waals surface area contributed by atoms with Crippen LogP contribution in [0.1, 0.15) is 0 Å². The van der Waals surface area contributed by atoms with Crippen LogP contribution in [0.3, 0.4) is 0 Å². The molecule has 0 amide bonds. The van der Waals surface area contributed by atoms with Crippen LogP contribution >= 0.6 is 0 Å². The number of nitrogens with one attached hydrogen (secondary N) is 1. The summed E-state index contributed by atoms with van der Waals surface area (Å²) in [4.78, 5) is 12.0. The normalized spacial score (nSPS) is 14.6. The van der Waals surface area contributed by atoms with Gasteiger partial charge >= 0.3 is 0 Å². The van der Waals surface area contributed by atoms with Crippen LogP contribution in [0.15, 0.2) is 65.2 Å². The fraction of sp³-hybridized carbons (Fsp3) is 0.174. The van der Waals surface area contributed by atoms with Crippen molar-refractivity contribution in [3.05, 3.63) is 60.8 Å². The first-order chi connectivity index (χ1) is 14.9. The van der Waals surface area contributed by atoms with Crippen molar-refractivity contribution in [1.82, 2.24) is 20.2 Å². The van der Waals surface area contributed by atoms with E-state index in [1.807, 2.05) is 60.8 Å². The summed E-state index contributed by atoms with van der Waals surface area (Å²) < 4.78 is 11.8. The van der Waals surface area contributed by atoms with Crippen molar-refractivity contribution in [3.8, 4) is 22.7 Å². The number of nitrogens with zero attached hydrogens (tertiary/aromatic N) is 4. The summed E-state index contributed by atoms with van der Waals surface area (Å²) in [5, 5.41) is 8.20. The number of benzene rings is 2. The lowest BCUT2D eigenvalue weighted by Gasteiger charge is -2.27. The van der Waals surface area contributed by atoms with Gasteiger partial charge in [-0.05, 0) is 6.07 Å². The molecule has 0 atom stereocenters. The van der Waals surface area contributed by atoms with Gasteiger partial charge in [0.1, 0.15) is 11.3 Å². The first kappa shape index (κ1) is 17.2. The molecule has 6 rings (SSSR count). The SMILES string of the molecule is c1ccc(-c2cc3nc(-c4cccc5[nH]ncc45)nc(N4CCOCC4)c3o2)cc1. The second kappa shape index (κ2) is 6.96. The van der Waals surface area contributed by atoms with Crippen LogP contribution in [0.5, 0.6) is 0 Å². The highest BCUT2D eigenvalue weighted by atomic mass is 16.5. The van der Waals surface area contributed by atoms with Crippen molar-refractivity contribution in [2.45, 2.75) is 0 Å². The van der Waals surface area contributed by atoms with Crippen LogP contribution in [0.2, 0.25) is 0 Å². The molecule has 148 valence electrons. The van der Waals surface area contributed by atoms with E-state index in [2.05, 4.69) is 15.1 Å². The van der Waals surface area contributed by atoms with Gasteiger partial charge in [-0.15, -0.1) is 0 Å². The Balaban J connectivity index is 1.58. The van der Waals surface area contributed by atoms with E-state index >= 15 is 0 Å². The number of hydrogen-bond acceptors (Lipinski definition) is 6. The number of fused-ring (bicyclic) bond motifs is 2. The van der Waals surface area contributed by atoms with Crippen LogP contribution in [0, 0.1) is 0 Å². The van der Waals surface area contributed by atoms with E-state index in [4.69, 9.17) is 19.1 Å². The number of furan rings is 1. The fourth-order valence-corrected chi connectivity index (χ4v) is 3.93. The van der Waals surface area contributed by atoms with E-state index in [0.717, 1.165) is 52.2 Å². The highest BCUT2D eigenvalue weighted by molar-refractivity contribution is 5.95. The highest BCUT2D eigenvalue weighted by Gasteiger charge is 2.22. The van der Waals surface area contributed by atoms with Gasteiger partial charge in [-0.1, -0.05) is 42.5 Å². The molecule has 1 aliphatic rings. The predicted octanol–water partition coefficient (Wildman–Crippen LogP) is 4.27. The van der Waals surface area contributed by atoms with E-state index in [1.54, 1.807) is 0 Å². The second-order valence-electron chi connectivity index (χ2n) is 7.30. The smallest absolute Gasteiger partial charge is 0.195 e. The third kappa shape index (κ3) is 2.83. The Morgan fingerprint density at radius 3 is 2.67 bits per heavy atom. The number of morpholine rings is 1. The van der Waals surface area contributed by atoms with Crippen LogP contribution in [-0.4, -0.2) is 46.5 Å². The zero-order chi connectivity index (χ0) is 19.9. The van der Waals surface area contributed by atoms with E-state index in [9.17, 15) is 0 Å². The van der Waals surface area contributed by atoms with Crippen LogP contribution in [0.25, 0.3) is 44.7 Å². The number of hydrogen-bond donors (Lipinski definition) is 1. The number of H-pyrrole nitrogens is 1. The Morgan fingerprint density at radius 1 is 0.933 bits per heavy atom. The molecule has 0 spiro atoms. The van der Waals surface area contributed by atoms with Gasteiger partial charge in [-0.2, -0.15) is 5.10 Å². The van der Waals surface area contributed by atoms with E-state index < -0.39 is 0 Å². The summed E-state index contributed by atoms with van der Waals surface area (Å²) in [7, 11) is 0. The Hall–Kier alpha value is -3.71. The number of rotatable bonds is 3. The molecule has 1 aliphatic heterocycles. The molecule has 0 unspecified atom stereocenters. The van der Waals surface area contributed by atoms with E-state index in [0.29, 0.717) is 24.6 Å². The summed E-state index contributed by atoms with van der Waals surface area (Å²) in [5.41, 5.74) is 4.42. The largest absolute Gasteiger partial charge is 0.450 e. The highest BCUT2D eigenvalue weighted by Crippen LogP contribution is 2.35. The predicted molar refractivity (Wildman–Crippen MR) is 115 cm³/mol. The average molecular weight is 397 g/mol. The summed E-state index contributed by atoms with van der Waals surface area (Å²) in [6.45, 7) is 2.88. The second-order valence-corrected chi connectivity index (χ2v) is 7.30. The van der Waals surface area contributed by atoms with Gasteiger partial charge in [0.05, 0.1) is 24.9 Å². The maximum atomic E-state index is 6.28. The molecule has 0 radical (unpaired) electrons. The summed E-state index contributed by atoms with van der Waals surface area (Å²) in [6, 6.07) is 18.1. The van der Waals surface area contributed by atoms with Crippen molar-refractivity contribution in [2.24, 2.45) is 0 Å². The third-order valence-corrected chi connectivity index (χ3v) is 5.45. The van der Waals surface area contributed by atoms with Gasteiger partial charge in [-0.25, -0.2) is 9.97 Å². The molecule has 4 heterocycles. The molecule has 1 N–H and O–H groups in total. The minimum Gasteiger partial charge on any atom is -0.450 e. The quantitative estimate of drug-likeness (QED) is 0.490. The van der Waals surface area contributed by atoms with Crippen molar-refractivity contribution < 1.29 is 9.15 Å². The van der Waals surface area contributed by atoms with Gasteiger partial charge in [0.25, 0.3) is 0 Å². The monoisotopic (exact) mass is 397 g/mol. The molecule has 0 saturated carbocycles. The summed E-state index contributed by atoms with van der Waals surface area (Å²) in [5.74, 6) is 2.26. The zero-order valence-electron chi connectivity index (χ0n) is 16.2. The summed E-state index contributed by atoms with van der Waals surface area (Å²) >= 11 is 0. The van der Waals surface area contributed by atoms with E-state index in [-0.39, 0.29) is 0 Å². The van der Waals surface area contributed by atoms with Gasteiger partial charge in [0.15, 0.2) is 17.2 Å². The van der Waals surface area contributed by atoms with Crippen LogP contribution in [-0.2, 0) is 4.74 Å². The molecule has 2 aromatic carbocycles. The van der Waals surface area contributed by atoms with Gasteiger partial charge < -0.3 is 14.1 Å². The molecule has 3 aromatic heterocycles. The van der Waals surface area contributed by atoms with Crippen LogP contribution in [0.4, 0.5) is 5.82 Å². The molecule has 0 aliphatic carbocycles. The Morgan fingerprint density at radius 2 is 1.80 bits per heavy atom. The van der Waals surface area contributed by atoms with E-state index in [1.165, 1.54) is 0 Å². The van der Waals surface area contributed by atoms with Crippen molar-refractivity contribution >= 4 is 27.8 Å². The average Bonchev–Trinajstić information content (AvgIpc) is 3.46. The lowest BCUT2D eigenvalue weighted by molar-refractivity contribution is 0.122. The molecule has 1 fully saturated rings. The Labute approximate surface area is 172 Å². The lowest BCUT2D eigenvalue weighted by Crippen LogP contribution is -2.37.